The summed E-state index contributed by atoms with van der Waals surface area (Å²) >= 11 is 0. The van der Waals surface area contributed by atoms with Crippen LogP contribution >= 0.6 is 0 Å². The van der Waals surface area contributed by atoms with Gasteiger partial charge >= 0.3 is 12.1 Å². The van der Waals surface area contributed by atoms with Gasteiger partial charge in [-0.1, -0.05) is 19.8 Å². The first-order chi connectivity index (χ1) is 7.13. The highest BCUT2D eigenvalue weighted by Crippen LogP contribution is 1.99. The fourth-order valence-electron chi connectivity index (χ4n) is 1.01. The number of nitriles is 1. The van der Waals surface area contributed by atoms with Crippen molar-refractivity contribution in [3.8, 4) is 6.07 Å². The highest BCUT2D eigenvalue weighted by molar-refractivity contribution is 5.90. The van der Waals surface area contributed by atoms with Gasteiger partial charge in [-0.25, -0.2) is 14.5 Å². The van der Waals surface area contributed by atoms with Crippen LogP contribution in [0.15, 0.2) is 0 Å². The predicted molar refractivity (Wildman–Crippen MR) is 53.3 cm³/mol. The summed E-state index contributed by atoms with van der Waals surface area (Å²) in [4.78, 5) is 22.6. The average molecular weight is 213 g/mol. The Hall–Kier alpha value is -1.77. The largest absolute Gasteiger partial charge is 0.465 e. The summed E-state index contributed by atoms with van der Waals surface area (Å²) in [5, 5.41) is 19.1. The number of rotatable bonds is 5. The molecule has 0 atom stereocenters. The monoisotopic (exact) mass is 213 g/mol. The molecule has 0 aliphatic heterocycles. The number of hydrogen-bond acceptors (Lipinski definition) is 3. The molecule has 0 heterocycles. The second kappa shape index (κ2) is 7.62. The van der Waals surface area contributed by atoms with Gasteiger partial charge in [0.25, 0.3) is 0 Å². The maximum Gasteiger partial charge on any atom is 0.415 e. The first kappa shape index (κ1) is 13.2. The van der Waals surface area contributed by atoms with Gasteiger partial charge in [-0.15, -0.1) is 0 Å². The number of imide groups is 1. The van der Waals surface area contributed by atoms with E-state index in [-0.39, 0.29) is 13.1 Å². The van der Waals surface area contributed by atoms with Crippen molar-refractivity contribution in [2.75, 3.05) is 13.1 Å². The van der Waals surface area contributed by atoms with E-state index in [0.717, 1.165) is 12.8 Å². The standard InChI is InChI=1S/C9H15N3O3/c1-2-3-4-7-12(9(14)15)8(13)11-6-5-10/h2-4,6-7H2,1H3,(H,11,13)(H,14,15). The van der Waals surface area contributed by atoms with E-state index in [2.05, 4.69) is 5.32 Å². The first-order valence-corrected chi connectivity index (χ1v) is 4.78. The van der Waals surface area contributed by atoms with Crippen LogP contribution in [0.4, 0.5) is 9.59 Å². The normalized spacial score (nSPS) is 9.07. The van der Waals surface area contributed by atoms with Gasteiger partial charge in [0.05, 0.1) is 6.07 Å². The third-order valence-corrected chi connectivity index (χ3v) is 1.78. The molecule has 2 N–H and O–H groups in total. The van der Waals surface area contributed by atoms with Crippen molar-refractivity contribution in [2.24, 2.45) is 0 Å². The highest BCUT2D eigenvalue weighted by Gasteiger charge is 2.18. The van der Waals surface area contributed by atoms with Gasteiger partial charge in [-0.05, 0) is 6.42 Å². The van der Waals surface area contributed by atoms with Crippen LogP contribution in [-0.4, -0.2) is 35.2 Å². The number of carboxylic acid groups (broad SMARTS) is 1. The van der Waals surface area contributed by atoms with Crippen molar-refractivity contribution in [3.63, 3.8) is 0 Å². The second-order valence-electron chi connectivity index (χ2n) is 2.96. The molecule has 0 rings (SSSR count). The molecular formula is C9H15N3O3. The van der Waals surface area contributed by atoms with Crippen molar-refractivity contribution in [1.82, 2.24) is 10.2 Å². The summed E-state index contributed by atoms with van der Waals surface area (Å²) in [5.74, 6) is 0. The first-order valence-electron chi connectivity index (χ1n) is 4.78. The fourth-order valence-corrected chi connectivity index (χ4v) is 1.01. The van der Waals surface area contributed by atoms with E-state index in [1.165, 1.54) is 0 Å². The summed E-state index contributed by atoms with van der Waals surface area (Å²) in [7, 11) is 0. The zero-order valence-corrected chi connectivity index (χ0v) is 8.69. The molecule has 0 aliphatic carbocycles. The molecule has 84 valence electrons. The van der Waals surface area contributed by atoms with Crippen molar-refractivity contribution in [2.45, 2.75) is 26.2 Å². The molecule has 6 heteroatoms. The Balaban J connectivity index is 4.08. The van der Waals surface area contributed by atoms with Crippen molar-refractivity contribution < 1.29 is 14.7 Å². The molecule has 0 bridgehead atoms. The molecule has 0 saturated carbocycles. The maximum absolute atomic E-state index is 11.2. The number of amides is 3. The van der Waals surface area contributed by atoms with Crippen LogP contribution in [0.5, 0.6) is 0 Å². The van der Waals surface area contributed by atoms with Gasteiger partial charge in [0.2, 0.25) is 0 Å². The number of unbranched alkanes of at least 4 members (excludes halogenated alkanes) is 2. The van der Waals surface area contributed by atoms with Crippen LogP contribution in [0.3, 0.4) is 0 Å². The molecule has 0 fully saturated rings. The lowest BCUT2D eigenvalue weighted by Crippen LogP contribution is -2.43. The second-order valence-corrected chi connectivity index (χ2v) is 2.96. The van der Waals surface area contributed by atoms with Crippen molar-refractivity contribution >= 4 is 12.1 Å². The van der Waals surface area contributed by atoms with Gasteiger partial charge in [0, 0.05) is 6.54 Å². The lowest BCUT2D eigenvalue weighted by Gasteiger charge is -2.16. The molecule has 0 spiro atoms. The summed E-state index contributed by atoms with van der Waals surface area (Å²) < 4.78 is 0. The minimum absolute atomic E-state index is 0.167. The highest BCUT2D eigenvalue weighted by atomic mass is 16.4. The van der Waals surface area contributed by atoms with Crippen LogP contribution in [-0.2, 0) is 0 Å². The van der Waals surface area contributed by atoms with E-state index in [9.17, 15) is 9.59 Å². The summed E-state index contributed by atoms with van der Waals surface area (Å²) in [6.45, 7) is 1.97. The van der Waals surface area contributed by atoms with Gasteiger partial charge < -0.3 is 10.4 Å². The summed E-state index contributed by atoms with van der Waals surface area (Å²) in [6.07, 6.45) is 1.17. The lowest BCUT2D eigenvalue weighted by atomic mass is 10.2. The Labute approximate surface area is 88.5 Å². The zero-order valence-electron chi connectivity index (χ0n) is 8.69. The minimum Gasteiger partial charge on any atom is -0.465 e. The molecule has 6 nitrogen and oxygen atoms in total. The number of hydrogen-bond donors (Lipinski definition) is 2. The zero-order chi connectivity index (χ0) is 11.7. The smallest absolute Gasteiger partial charge is 0.415 e. The summed E-state index contributed by atoms with van der Waals surface area (Å²) in [5.41, 5.74) is 0. The van der Waals surface area contributed by atoms with Crippen LogP contribution in [0, 0.1) is 11.3 Å². The van der Waals surface area contributed by atoms with Gasteiger partial charge in [0.1, 0.15) is 6.54 Å². The summed E-state index contributed by atoms with van der Waals surface area (Å²) in [6, 6.07) is 0.972. The molecule has 0 radical (unpaired) electrons. The molecule has 0 unspecified atom stereocenters. The van der Waals surface area contributed by atoms with E-state index < -0.39 is 12.1 Å². The van der Waals surface area contributed by atoms with Crippen LogP contribution in [0.25, 0.3) is 0 Å². The molecule has 0 aromatic heterocycles. The molecule has 3 amide bonds. The van der Waals surface area contributed by atoms with Crippen molar-refractivity contribution in [1.29, 1.82) is 5.26 Å². The van der Waals surface area contributed by atoms with E-state index in [1.807, 2.05) is 6.92 Å². The van der Waals surface area contributed by atoms with Crippen LogP contribution in [0.2, 0.25) is 0 Å². The Morgan fingerprint density at radius 3 is 2.60 bits per heavy atom. The number of carbonyl (C=O) groups excluding carboxylic acids is 1. The van der Waals surface area contributed by atoms with Gasteiger partial charge in [-0.2, -0.15) is 5.26 Å². The van der Waals surface area contributed by atoms with Crippen LogP contribution < -0.4 is 5.32 Å². The fraction of sp³-hybridized carbons (Fsp3) is 0.667. The number of carbonyl (C=O) groups is 2. The molecule has 0 aliphatic rings. The Bertz CT molecular complexity index is 260. The maximum atomic E-state index is 11.2. The lowest BCUT2D eigenvalue weighted by molar-refractivity contribution is 0.147. The Morgan fingerprint density at radius 1 is 1.47 bits per heavy atom. The van der Waals surface area contributed by atoms with E-state index in [1.54, 1.807) is 6.07 Å². The Kier molecular flexibility index (Phi) is 6.72. The van der Waals surface area contributed by atoms with E-state index in [0.29, 0.717) is 11.3 Å². The molecular weight excluding hydrogens is 198 g/mol. The van der Waals surface area contributed by atoms with E-state index in [4.69, 9.17) is 10.4 Å². The molecule has 0 aromatic carbocycles. The van der Waals surface area contributed by atoms with Gasteiger partial charge in [0.15, 0.2) is 0 Å². The third kappa shape index (κ3) is 5.52. The average Bonchev–Trinajstić information content (AvgIpc) is 2.20. The SMILES string of the molecule is CCCCCN(C(=O)O)C(=O)NCC#N. The van der Waals surface area contributed by atoms with E-state index >= 15 is 0 Å². The number of nitrogens with zero attached hydrogens (tertiary/aromatic N) is 2. The van der Waals surface area contributed by atoms with Crippen molar-refractivity contribution in [3.05, 3.63) is 0 Å². The quantitative estimate of drug-likeness (QED) is 0.533. The number of nitrogens with one attached hydrogen (secondary N) is 1. The minimum atomic E-state index is -1.29. The third-order valence-electron chi connectivity index (χ3n) is 1.78. The molecule has 0 saturated heterocycles. The molecule has 15 heavy (non-hydrogen) atoms. The van der Waals surface area contributed by atoms with Crippen LogP contribution in [0.1, 0.15) is 26.2 Å². The van der Waals surface area contributed by atoms with Gasteiger partial charge in [-0.3, -0.25) is 0 Å². The number of urea groups is 1. The predicted octanol–water partition coefficient (Wildman–Crippen LogP) is 1.39. The molecule has 0 aromatic rings. The topological polar surface area (TPSA) is 93.4 Å². The Morgan fingerprint density at radius 2 is 2.13 bits per heavy atom.